The van der Waals surface area contributed by atoms with Crippen molar-refractivity contribution in [1.29, 1.82) is 0 Å². The number of benzene rings is 3. The molecule has 2 unspecified atom stereocenters. The molecule has 176 valence electrons. The molecule has 0 saturated carbocycles. The summed E-state index contributed by atoms with van der Waals surface area (Å²) in [5.41, 5.74) is 3.99. The number of piperidine rings is 1. The third-order valence-corrected chi connectivity index (χ3v) is 7.58. The minimum atomic E-state index is 0.177. The van der Waals surface area contributed by atoms with Crippen LogP contribution in [0.15, 0.2) is 84.2 Å². The van der Waals surface area contributed by atoms with Gasteiger partial charge in [0.2, 0.25) is 0 Å². The average molecular weight is 472 g/mol. The molecule has 2 heterocycles. The van der Waals surface area contributed by atoms with Crippen LogP contribution in [0.3, 0.4) is 0 Å². The first-order valence-electron chi connectivity index (χ1n) is 12.4. The molecular formula is C30H33NO2S. The van der Waals surface area contributed by atoms with Crippen LogP contribution in [0, 0.1) is 0 Å². The Morgan fingerprint density at radius 2 is 1.76 bits per heavy atom. The molecule has 5 rings (SSSR count). The fourth-order valence-electron chi connectivity index (χ4n) is 4.77. The minimum Gasteiger partial charge on any atom is -0.494 e. The first-order valence-corrected chi connectivity index (χ1v) is 13.3. The summed E-state index contributed by atoms with van der Waals surface area (Å²) in [4.78, 5) is 0. The summed E-state index contributed by atoms with van der Waals surface area (Å²) in [5, 5.41) is 6.96. The molecule has 0 spiro atoms. The Labute approximate surface area is 206 Å². The number of thiophene rings is 1. The van der Waals surface area contributed by atoms with Crippen molar-refractivity contribution in [2.24, 2.45) is 0 Å². The Morgan fingerprint density at radius 3 is 2.65 bits per heavy atom. The maximum Gasteiger partial charge on any atom is 0.119 e. The van der Waals surface area contributed by atoms with Gasteiger partial charge in [-0.2, -0.15) is 0 Å². The monoisotopic (exact) mass is 471 g/mol. The van der Waals surface area contributed by atoms with Crippen LogP contribution in [0.2, 0.25) is 0 Å². The topological polar surface area (TPSA) is 30.5 Å². The van der Waals surface area contributed by atoms with Crippen molar-refractivity contribution in [3.63, 3.8) is 0 Å². The number of rotatable bonds is 10. The quantitative estimate of drug-likeness (QED) is 0.254. The third kappa shape index (κ3) is 6.06. The lowest BCUT2D eigenvalue weighted by Crippen LogP contribution is -2.40. The van der Waals surface area contributed by atoms with E-state index in [0.717, 1.165) is 51.1 Å². The van der Waals surface area contributed by atoms with Gasteiger partial charge in [-0.1, -0.05) is 48.5 Å². The zero-order valence-electron chi connectivity index (χ0n) is 19.6. The predicted octanol–water partition coefficient (Wildman–Crippen LogP) is 6.97. The number of unbranched alkanes of at least 4 members (excludes halogenated alkanes) is 1. The molecular weight excluding hydrogens is 438 g/mol. The summed E-state index contributed by atoms with van der Waals surface area (Å²) in [7, 11) is 0. The Bertz CT molecular complexity index is 1160. The maximum absolute atomic E-state index is 6.43. The molecule has 0 bridgehead atoms. The lowest BCUT2D eigenvalue weighted by Gasteiger charge is -2.32. The lowest BCUT2D eigenvalue weighted by molar-refractivity contribution is 0.0106. The summed E-state index contributed by atoms with van der Waals surface area (Å²) >= 11 is 1.79. The van der Waals surface area contributed by atoms with E-state index in [0.29, 0.717) is 12.5 Å². The molecule has 0 radical (unpaired) electrons. The molecule has 0 amide bonds. The number of hydrogen-bond donors (Lipinski definition) is 1. The molecule has 1 saturated heterocycles. The van der Waals surface area contributed by atoms with Crippen molar-refractivity contribution in [2.75, 3.05) is 19.7 Å². The van der Waals surface area contributed by atoms with E-state index in [-0.39, 0.29) is 6.10 Å². The highest BCUT2D eigenvalue weighted by Gasteiger charge is 2.27. The van der Waals surface area contributed by atoms with Gasteiger partial charge in [0.05, 0.1) is 19.3 Å². The van der Waals surface area contributed by atoms with Gasteiger partial charge in [-0.3, -0.25) is 0 Å². The summed E-state index contributed by atoms with van der Waals surface area (Å²) < 4.78 is 13.8. The van der Waals surface area contributed by atoms with E-state index in [9.17, 15) is 0 Å². The van der Waals surface area contributed by atoms with E-state index >= 15 is 0 Å². The standard InChI is InChI=1S/C30H33NO2S/c1-2-6-23(7-3-1)8-4-5-18-32-27-12-10-25(11-13-27)28-15-17-31-21-29(28)33-22-24-9-14-30-26(20-24)16-19-34-30/h1-3,6-7,9-14,16,19-20,28-29,31H,4-5,8,15,17-18,21-22H2. The summed E-state index contributed by atoms with van der Waals surface area (Å²) in [5.74, 6) is 1.37. The van der Waals surface area contributed by atoms with Crippen LogP contribution in [0.25, 0.3) is 10.1 Å². The molecule has 4 heteroatoms. The first-order chi connectivity index (χ1) is 16.8. The smallest absolute Gasteiger partial charge is 0.119 e. The first kappa shape index (κ1) is 23.1. The van der Waals surface area contributed by atoms with Crippen molar-refractivity contribution < 1.29 is 9.47 Å². The number of ether oxygens (including phenoxy) is 2. The van der Waals surface area contributed by atoms with Crippen LogP contribution < -0.4 is 10.1 Å². The van der Waals surface area contributed by atoms with Crippen LogP contribution in [0.4, 0.5) is 0 Å². The van der Waals surface area contributed by atoms with Crippen LogP contribution >= 0.6 is 11.3 Å². The Balaban J connectivity index is 1.11. The van der Waals surface area contributed by atoms with Crippen LogP contribution in [-0.4, -0.2) is 25.8 Å². The van der Waals surface area contributed by atoms with Crippen molar-refractivity contribution in [1.82, 2.24) is 5.32 Å². The minimum absolute atomic E-state index is 0.177. The van der Waals surface area contributed by atoms with Crippen molar-refractivity contribution in [2.45, 2.75) is 44.3 Å². The van der Waals surface area contributed by atoms with Gasteiger partial charge in [0.1, 0.15) is 5.75 Å². The van der Waals surface area contributed by atoms with Gasteiger partial charge in [-0.25, -0.2) is 0 Å². The second-order valence-corrected chi connectivity index (χ2v) is 10.0. The van der Waals surface area contributed by atoms with Crippen LogP contribution in [0.1, 0.15) is 41.9 Å². The molecule has 3 aromatic carbocycles. The Morgan fingerprint density at radius 1 is 0.882 bits per heavy atom. The fraction of sp³-hybridized carbons (Fsp3) is 0.333. The highest BCUT2D eigenvalue weighted by Crippen LogP contribution is 2.30. The van der Waals surface area contributed by atoms with Gasteiger partial charge in [0, 0.05) is 17.2 Å². The zero-order valence-corrected chi connectivity index (χ0v) is 20.4. The third-order valence-electron chi connectivity index (χ3n) is 6.69. The van der Waals surface area contributed by atoms with E-state index < -0.39 is 0 Å². The number of nitrogens with one attached hydrogen (secondary N) is 1. The lowest BCUT2D eigenvalue weighted by atomic mass is 9.87. The molecule has 1 fully saturated rings. The molecule has 4 aromatic rings. The van der Waals surface area contributed by atoms with Gasteiger partial charge < -0.3 is 14.8 Å². The Hall–Kier alpha value is -2.66. The Kier molecular flexibility index (Phi) is 7.92. The zero-order chi connectivity index (χ0) is 23.0. The van der Waals surface area contributed by atoms with E-state index in [1.165, 1.54) is 26.8 Å². The summed E-state index contributed by atoms with van der Waals surface area (Å²) in [6.07, 6.45) is 4.60. The van der Waals surface area contributed by atoms with E-state index in [2.05, 4.69) is 89.6 Å². The fourth-order valence-corrected chi connectivity index (χ4v) is 5.54. The number of hydrogen-bond acceptors (Lipinski definition) is 4. The largest absolute Gasteiger partial charge is 0.494 e. The van der Waals surface area contributed by atoms with E-state index in [1.807, 2.05) is 0 Å². The van der Waals surface area contributed by atoms with E-state index in [4.69, 9.17) is 9.47 Å². The molecule has 3 nitrogen and oxygen atoms in total. The molecule has 1 N–H and O–H groups in total. The van der Waals surface area contributed by atoms with E-state index in [1.54, 1.807) is 11.3 Å². The number of fused-ring (bicyclic) bond motifs is 1. The van der Waals surface area contributed by atoms with Gasteiger partial charge in [0.15, 0.2) is 0 Å². The highest BCUT2D eigenvalue weighted by molar-refractivity contribution is 7.17. The van der Waals surface area contributed by atoms with Crippen molar-refractivity contribution in [3.05, 3.63) is 101 Å². The van der Waals surface area contributed by atoms with Crippen molar-refractivity contribution >= 4 is 21.4 Å². The van der Waals surface area contributed by atoms with Gasteiger partial charge in [0.25, 0.3) is 0 Å². The number of aryl methyl sites for hydroxylation is 1. The van der Waals surface area contributed by atoms with Gasteiger partial charge in [-0.05, 0) is 90.0 Å². The molecule has 34 heavy (non-hydrogen) atoms. The molecule has 2 atom stereocenters. The van der Waals surface area contributed by atoms with Gasteiger partial charge >= 0.3 is 0 Å². The predicted molar refractivity (Wildman–Crippen MR) is 142 cm³/mol. The molecule has 1 aliphatic heterocycles. The summed E-state index contributed by atoms with van der Waals surface area (Å²) in [6, 6.07) is 28.2. The average Bonchev–Trinajstić information content (AvgIpc) is 3.37. The van der Waals surface area contributed by atoms with Gasteiger partial charge in [-0.15, -0.1) is 11.3 Å². The molecule has 0 aliphatic carbocycles. The SMILES string of the molecule is c1ccc(CCCCOc2ccc(C3CCNCC3OCc3ccc4sccc4c3)cc2)cc1. The van der Waals surface area contributed by atoms with Crippen LogP contribution in [-0.2, 0) is 17.8 Å². The second kappa shape index (κ2) is 11.7. The molecule has 1 aliphatic rings. The van der Waals surface area contributed by atoms with Crippen LogP contribution in [0.5, 0.6) is 5.75 Å². The molecule has 1 aromatic heterocycles. The normalized spacial score (nSPS) is 18.2. The maximum atomic E-state index is 6.43. The second-order valence-electron chi connectivity index (χ2n) is 9.10. The van der Waals surface area contributed by atoms with Crippen molar-refractivity contribution in [3.8, 4) is 5.75 Å². The summed E-state index contributed by atoms with van der Waals surface area (Å²) in [6.45, 7) is 3.34. The highest BCUT2D eigenvalue weighted by atomic mass is 32.1.